The van der Waals surface area contributed by atoms with Gasteiger partial charge in [0.2, 0.25) is 5.91 Å². The van der Waals surface area contributed by atoms with Crippen molar-refractivity contribution in [3.8, 4) is 0 Å². The van der Waals surface area contributed by atoms with Crippen molar-refractivity contribution in [3.05, 3.63) is 27.1 Å². The number of nitrogens with zero attached hydrogens (tertiary/aromatic N) is 3. The van der Waals surface area contributed by atoms with Crippen LogP contribution in [-0.2, 0) is 11.3 Å². The summed E-state index contributed by atoms with van der Waals surface area (Å²) in [6.07, 6.45) is 6.47. The van der Waals surface area contributed by atoms with E-state index in [0.29, 0.717) is 27.2 Å². The van der Waals surface area contributed by atoms with Crippen LogP contribution in [0.2, 0.25) is 0 Å². The van der Waals surface area contributed by atoms with E-state index in [0.717, 1.165) is 38.6 Å². The highest BCUT2D eigenvalue weighted by atomic mass is 32.1. The van der Waals surface area contributed by atoms with Gasteiger partial charge in [0, 0.05) is 19.1 Å². The molecule has 0 aliphatic carbocycles. The first-order chi connectivity index (χ1) is 13.4. The Morgan fingerprint density at radius 3 is 2.86 bits per heavy atom. The second kappa shape index (κ2) is 8.86. The number of piperidine rings is 1. The molecule has 1 N–H and O–H groups in total. The molecule has 28 heavy (non-hydrogen) atoms. The molecule has 0 spiro atoms. The molecule has 1 aliphatic rings. The fraction of sp³-hybridized carbons (Fsp3) is 0.600. The summed E-state index contributed by atoms with van der Waals surface area (Å²) < 4.78 is 1.37. The number of aryl methyl sites for hydroxylation is 1. The quantitative estimate of drug-likeness (QED) is 0.750. The fourth-order valence-corrected chi connectivity index (χ4v) is 4.71. The zero-order chi connectivity index (χ0) is 20.3. The summed E-state index contributed by atoms with van der Waals surface area (Å²) in [6.45, 7) is 7.23. The Hall–Kier alpha value is -2.22. The van der Waals surface area contributed by atoms with E-state index in [1.807, 2.05) is 11.8 Å². The Morgan fingerprint density at radius 2 is 2.14 bits per heavy atom. The number of likely N-dealkylation sites (tertiary alicyclic amines) is 1. The lowest BCUT2D eigenvalue weighted by Gasteiger charge is -2.33. The summed E-state index contributed by atoms with van der Waals surface area (Å²) >= 11 is 1.23. The van der Waals surface area contributed by atoms with Crippen molar-refractivity contribution in [1.29, 1.82) is 0 Å². The Bertz CT molecular complexity index is 933. The van der Waals surface area contributed by atoms with E-state index in [1.54, 1.807) is 6.92 Å². The van der Waals surface area contributed by atoms with Gasteiger partial charge in [-0.3, -0.25) is 19.0 Å². The van der Waals surface area contributed by atoms with Gasteiger partial charge < -0.3 is 10.2 Å². The van der Waals surface area contributed by atoms with Gasteiger partial charge >= 0.3 is 0 Å². The number of hydrogen-bond acceptors (Lipinski definition) is 5. The topological polar surface area (TPSA) is 84.3 Å². The van der Waals surface area contributed by atoms with Crippen molar-refractivity contribution in [2.45, 2.75) is 65.5 Å². The molecule has 1 saturated heterocycles. The lowest BCUT2D eigenvalue weighted by Crippen LogP contribution is -2.44. The summed E-state index contributed by atoms with van der Waals surface area (Å²) in [5.41, 5.74) is 0.379. The zero-order valence-electron chi connectivity index (χ0n) is 16.8. The SMILES string of the molecule is CCCCNC(=O)c1sc2ncn(CC(=O)N3CCCCC3C)c(=O)c2c1C. The number of fused-ring (bicyclic) bond motifs is 1. The van der Waals surface area contributed by atoms with Gasteiger partial charge in [0.15, 0.2) is 0 Å². The van der Waals surface area contributed by atoms with Crippen LogP contribution in [0.4, 0.5) is 0 Å². The third-order valence-electron chi connectivity index (χ3n) is 5.37. The molecule has 2 aromatic heterocycles. The smallest absolute Gasteiger partial charge is 0.262 e. The summed E-state index contributed by atoms with van der Waals surface area (Å²) in [7, 11) is 0. The largest absolute Gasteiger partial charge is 0.351 e. The molecule has 1 aliphatic heterocycles. The van der Waals surface area contributed by atoms with Crippen molar-refractivity contribution in [1.82, 2.24) is 19.8 Å². The average Bonchev–Trinajstić information content (AvgIpc) is 3.02. The van der Waals surface area contributed by atoms with Crippen LogP contribution in [0.15, 0.2) is 11.1 Å². The maximum absolute atomic E-state index is 13.0. The monoisotopic (exact) mass is 404 g/mol. The van der Waals surface area contributed by atoms with Crippen LogP contribution >= 0.6 is 11.3 Å². The minimum Gasteiger partial charge on any atom is -0.351 e. The molecule has 1 fully saturated rings. The first-order valence-corrected chi connectivity index (χ1v) is 10.8. The first kappa shape index (κ1) is 20.5. The fourth-order valence-electron chi connectivity index (χ4n) is 3.65. The Morgan fingerprint density at radius 1 is 1.36 bits per heavy atom. The van der Waals surface area contributed by atoms with Gasteiger partial charge in [-0.05, 0) is 45.1 Å². The Balaban J connectivity index is 1.84. The number of aromatic nitrogens is 2. The van der Waals surface area contributed by atoms with Crippen LogP contribution in [0.25, 0.3) is 10.2 Å². The van der Waals surface area contributed by atoms with Gasteiger partial charge in [-0.25, -0.2) is 4.98 Å². The number of unbranched alkanes of at least 4 members (excludes halogenated alkanes) is 1. The summed E-state index contributed by atoms with van der Waals surface area (Å²) in [4.78, 5) is 45.4. The molecule has 2 aromatic rings. The van der Waals surface area contributed by atoms with Crippen molar-refractivity contribution < 1.29 is 9.59 Å². The van der Waals surface area contributed by atoms with E-state index >= 15 is 0 Å². The molecule has 0 aromatic carbocycles. The number of rotatable bonds is 6. The summed E-state index contributed by atoms with van der Waals surface area (Å²) in [5, 5.41) is 3.33. The van der Waals surface area contributed by atoms with Crippen LogP contribution in [0.1, 0.15) is 61.2 Å². The second-order valence-corrected chi connectivity index (χ2v) is 8.45. The molecule has 7 nitrogen and oxygen atoms in total. The first-order valence-electron chi connectivity index (χ1n) is 10.00. The molecular weight excluding hydrogens is 376 g/mol. The maximum Gasteiger partial charge on any atom is 0.262 e. The van der Waals surface area contributed by atoms with Gasteiger partial charge in [-0.15, -0.1) is 11.3 Å². The van der Waals surface area contributed by atoms with Crippen LogP contribution in [0, 0.1) is 6.92 Å². The van der Waals surface area contributed by atoms with E-state index in [2.05, 4.69) is 17.2 Å². The molecule has 3 heterocycles. The van der Waals surface area contributed by atoms with Crippen LogP contribution < -0.4 is 10.9 Å². The van der Waals surface area contributed by atoms with Crippen LogP contribution in [0.3, 0.4) is 0 Å². The van der Waals surface area contributed by atoms with E-state index < -0.39 is 0 Å². The van der Waals surface area contributed by atoms with Gasteiger partial charge in [-0.1, -0.05) is 13.3 Å². The zero-order valence-corrected chi connectivity index (χ0v) is 17.6. The lowest BCUT2D eigenvalue weighted by atomic mass is 10.0. The predicted octanol–water partition coefficient (Wildman–Crippen LogP) is 2.70. The highest BCUT2D eigenvalue weighted by molar-refractivity contribution is 7.20. The van der Waals surface area contributed by atoms with Crippen molar-refractivity contribution in [2.24, 2.45) is 0 Å². The van der Waals surface area contributed by atoms with Gasteiger partial charge in [0.25, 0.3) is 11.5 Å². The van der Waals surface area contributed by atoms with Crippen LogP contribution in [0.5, 0.6) is 0 Å². The van der Waals surface area contributed by atoms with Gasteiger partial charge in [0.1, 0.15) is 11.4 Å². The number of nitrogens with one attached hydrogen (secondary N) is 1. The van der Waals surface area contributed by atoms with Gasteiger partial charge in [0.05, 0.1) is 16.6 Å². The Labute approximate surface area is 168 Å². The molecule has 3 rings (SSSR count). The maximum atomic E-state index is 13.0. The van der Waals surface area contributed by atoms with E-state index in [1.165, 1.54) is 22.2 Å². The summed E-state index contributed by atoms with van der Waals surface area (Å²) in [6, 6.07) is 0.204. The highest BCUT2D eigenvalue weighted by Crippen LogP contribution is 2.26. The van der Waals surface area contributed by atoms with Crippen molar-refractivity contribution in [3.63, 3.8) is 0 Å². The number of amides is 2. The van der Waals surface area contributed by atoms with Crippen molar-refractivity contribution >= 4 is 33.4 Å². The average molecular weight is 405 g/mol. The number of carbonyl (C=O) groups excluding carboxylic acids is 2. The predicted molar refractivity (Wildman–Crippen MR) is 111 cm³/mol. The lowest BCUT2D eigenvalue weighted by molar-refractivity contribution is -0.135. The van der Waals surface area contributed by atoms with Crippen molar-refractivity contribution in [2.75, 3.05) is 13.1 Å². The minimum atomic E-state index is -0.260. The molecule has 152 valence electrons. The van der Waals surface area contributed by atoms with E-state index in [-0.39, 0.29) is 30.0 Å². The summed E-state index contributed by atoms with van der Waals surface area (Å²) in [5.74, 6) is -0.223. The molecule has 2 amide bonds. The molecular formula is C20H28N4O3S. The molecule has 1 atom stereocenters. The van der Waals surface area contributed by atoms with Crippen LogP contribution in [-0.4, -0.2) is 45.4 Å². The third kappa shape index (κ3) is 4.11. The number of hydrogen-bond donors (Lipinski definition) is 1. The molecule has 0 saturated carbocycles. The number of thiophene rings is 1. The highest BCUT2D eigenvalue weighted by Gasteiger charge is 2.24. The minimum absolute atomic E-state index is 0.0145. The standard InChI is InChI=1S/C20H28N4O3S/c1-4-5-9-21-18(26)17-14(3)16-19(28-17)22-12-23(20(16)27)11-15(25)24-10-7-6-8-13(24)2/h12-13H,4-11H2,1-3H3,(H,21,26). The van der Waals surface area contributed by atoms with Gasteiger partial charge in [-0.2, -0.15) is 0 Å². The third-order valence-corrected chi connectivity index (χ3v) is 6.57. The van der Waals surface area contributed by atoms with E-state index in [9.17, 15) is 14.4 Å². The molecule has 0 bridgehead atoms. The molecule has 0 radical (unpaired) electrons. The van der Waals surface area contributed by atoms with E-state index in [4.69, 9.17) is 0 Å². The second-order valence-electron chi connectivity index (χ2n) is 7.46. The molecule has 1 unspecified atom stereocenters. The Kier molecular flexibility index (Phi) is 6.49. The normalized spacial score (nSPS) is 17.1. The molecule has 8 heteroatoms. The number of carbonyl (C=O) groups is 2.